The van der Waals surface area contributed by atoms with Crippen molar-refractivity contribution in [3.8, 4) is 35.1 Å². The van der Waals surface area contributed by atoms with Gasteiger partial charge >= 0.3 is 0 Å². The molecule has 2 heterocycles. The van der Waals surface area contributed by atoms with Crippen molar-refractivity contribution >= 4 is 11.8 Å². The van der Waals surface area contributed by atoms with Gasteiger partial charge in [0.2, 0.25) is 11.8 Å². The molecule has 2 aromatic carbocycles. The number of benzene rings is 2. The number of carbonyl (C=O) groups is 2. The van der Waals surface area contributed by atoms with Crippen LogP contribution in [0.3, 0.4) is 0 Å². The fraction of sp³-hybridized carbons (Fsp3) is 0.529. The monoisotopic (exact) mass is 604 g/mol. The number of rotatable bonds is 8. The van der Waals surface area contributed by atoms with Crippen molar-refractivity contribution in [2.45, 2.75) is 65.5 Å². The summed E-state index contributed by atoms with van der Waals surface area (Å²) in [4.78, 5) is 28.4. The minimum absolute atomic E-state index is 0.0366. The molecule has 2 amide bonds. The molecular weight excluding hydrogens is 560 g/mol. The van der Waals surface area contributed by atoms with E-state index in [0.29, 0.717) is 36.1 Å². The maximum Gasteiger partial charge on any atom is 0.226 e. The van der Waals surface area contributed by atoms with Crippen LogP contribution in [0.4, 0.5) is 0 Å². The van der Waals surface area contributed by atoms with E-state index in [1.807, 2.05) is 52.0 Å². The molecule has 2 aliphatic heterocycles. The zero-order chi connectivity index (χ0) is 32.6. The lowest BCUT2D eigenvalue weighted by Crippen LogP contribution is -2.42. The molecule has 0 unspecified atom stereocenters. The van der Waals surface area contributed by atoms with Gasteiger partial charge in [-0.2, -0.15) is 10.5 Å². The fourth-order valence-corrected chi connectivity index (χ4v) is 5.56. The lowest BCUT2D eigenvalue weighted by atomic mass is 9.91. The van der Waals surface area contributed by atoms with Crippen LogP contribution in [0.1, 0.15) is 74.9 Å². The summed E-state index contributed by atoms with van der Waals surface area (Å²) in [6.45, 7) is 8.89. The maximum atomic E-state index is 12.5. The van der Waals surface area contributed by atoms with Crippen LogP contribution in [0.25, 0.3) is 0 Å². The first-order valence-electron chi connectivity index (χ1n) is 15.0. The van der Waals surface area contributed by atoms with Crippen LogP contribution in [0.15, 0.2) is 24.3 Å². The highest BCUT2D eigenvalue weighted by Crippen LogP contribution is 2.39. The highest BCUT2D eigenvalue weighted by Gasteiger charge is 2.35. The number of fused-ring (bicyclic) bond motifs is 2. The number of hydrogen-bond donors (Lipinski definition) is 0. The normalized spacial score (nSPS) is 18.1. The van der Waals surface area contributed by atoms with Crippen molar-refractivity contribution in [3.63, 3.8) is 0 Å². The van der Waals surface area contributed by atoms with Gasteiger partial charge in [0.25, 0.3) is 0 Å². The van der Waals surface area contributed by atoms with Gasteiger partial charge in [0.15, 0.2) is 23.0 Å². The molecule has 0 spiro atoms. The van der Waals surface area contributed by atoms with E-state index in [-0.39, 0.29) is 23.7 Å². The number of amides is 2. The van der Waals surface area contributed by atoms with E-state index in [4.69, 9.17) is 18.9 Å². The van der Waals surface area contributed by atoms with Crippen LogP contribution < -0.4 is 18.9 Å². The molecule has 0 saturated heterocycles. The van der Waals surface area contributed by atoms with Crippen LogP contribution in [-0.4, -0.2) is 63.1 Å². The molecule has 0 radical (unpaired) electrons. The Kier molecular flexibility index (Phi) is 11.9. The third kappa shape index (κ3) is 6.86. The molecule has 0 fully saturated rings. The van der Waals surface area contributed by atoms with E-state index in [0.717, 1.165) is 47.9 Å². The molecule has 236 valence electrons. The quantitative estimate of drug-likeness (QED) is 0.392. The zero-order valence-electron chi connectivity index (χ0n) is 27.1. The van der Waals surface area contributed by atoms with Crippen LogP contribution in [-0.2, 0) is 22.4 Å². The van der Waals surface area contributed by atoms with Crippen LogP contribution >= 0.6 is 0 Å². The third-order valence-corrected chi connectivity index (χ3v) is 8.63. The van der Waals surface area contributed by atoms with Crippen molar-refractivity contribution in [3.05, 3.63) is 46.5 Å². The second-order valence-electron chi connectivity index (χ2n) is 11.1. The predicted molar refractivity (Wildman–Crippen MR) is 166 cm³/mol. The Labute approximate surface area is 261 Å². The maximum absolute atomic E-state index is 12.5. The summed E-state index contributed by atoms with van der Waals surface area (Å²) < 4.78 is 21.3. The summed E-state index contributed by atoms with van der Waals surface area (Å²) in [5.74, 6) is 2.40. The topological polar surface area (TPSA) is 125 Å². The first-order chi connectivity index (χ1) is 21.1. The average Bonchev–Trinajstić information content (AvgIpc) is 3.07. The van der Waals surface area contributed by atoms with Crippen molar-refractivity contribution < 1.29 is 28.5 Å². The van der Waals surface area contributed by atoms with Gasteiger partial charge in [-0.25, -0.2) is 0 Å². The highest BCUT2D eigenvalue weighted by atomic mass is 16.5. The van der Waals surface area contributed by atoms with Gasteiger partial charge in [-0.05, 0) is 72.2 Å². The molecule has 10 heteroatoms. The minimum Gasteiger partial charge on any atom is -0.493 e. The molecule has 0 saturated carbocycles. The number of nitrogens with zero attached hydrogens (tertiary/aromatic N) is 4. The Morgan fingerprint density at radius 3 is 1.30 bits per heavy atom. The van der Waals surface area contributed by atoms with Crippen LogP contribution in [0.2, 0.25) is 0 Å². The minimum atomic E-state index is -0.565. The Hall–Kier alpha value is -4.44. The SMILES string of the molecule is CC[C@H](C)C(=O)N1CCc2cc(OC)c(OC)cc2[C@@H]1C#N.CC[C@H](C)C(=O)N1CCc2cc(OC)c(OC)cc2[C@H]1C#N. The van der Waals surface area contributed by atoms with Gasteiger partial charge < -0.3 is 28.7 Å². The van der Waals surface area contributed by atoms with Gasteiger partial charge in [-0.1, -0.05) is 27.7 Å². The molecule has 4 atom stereocenters. The van der Waals surface area contributed by atoms with Crippen molar-refractivity contribution in [1.82, 2.24) is 9.80 Å². The lowest BCUT2D eigenvalue weighted by Gasteiger charge is -2.35. The Morgan fingerprint density at radius 2 is 1.02 bits per heavy atom. The summed E-state index contributed by atoms with van der Waals surface area (Å²) in [5.41, 5.74) is 3.75. The number of hydrogen-bond acceptors (Lipinski definition) is 8. The third-order valence-electron chi connectivity index (χ3n) is 8.63. The number of carbonyl (C=O) groups excluding carboxylic acids is 2. The molecule has 2 aromatic rings. The second-order valence-corrected chi connectivity index (χ2v) is 11.1. The second kappa shape index (κ2) is 15.3. The standard InChI is InChI=1S/2C17H22N2O3/c2*1-5-11(2)17(20)19-7-6-12-8-15(21-3)16(22-4)9-13(12)14(19)10-18/h2*8-9,11,14H,5-7H2,1-4H3/t11-,14+;11-,14-/m00/s1. The van der Waals surface area contributed by atoms with E-state index < -0.39 is 12.1 Å². The van der Waals surface area contributed by atoms with Gasteiger partial charge in [0.1, 0.15) is 12.1 Å². The summed E-state index contributed by atoms with van der Waals surface area (Å²) in [6.07, 6.45) is 2.98. The molecule has 0 N–H and O–H groups in total. The van der Waals surface area contributed by atoms with Crippen molar-refractivity contribution in [2.24, 2.45) is 11.8 Å². The molecule has 4 rings (SSSR count). The first-order valence-corrected chi connectivity index (χ1v) is 15.0. The largest absolute Gasteiger partial charge is 0.493 e. The zero-order valence-corrected chi connectivity index (χ0v) is 27.1. The van der Waals surface area contributed by atoms with Crippen LogP contribution in [0.5, 0.6) is 23.0 Å². The smallest absolute Gasteiger partial charge is 0.226 e. The van der Waals surface area contributed by atoms with Gasteiger partial charge in [-0.3, -0.25) is 9.59 Å². The Morgan fingerprint density at radius 1 is 0.705 bits per heavy atom. The van der Waals surface area contributed by atoms with E-state index in [1.54, 1.807) is 38.2 Å². The van der Waals surface area contributed by atoms with Gasteiger partial charge in [-0.15, -0.1) is 0 Å². The highest BCUT2D eigenvalue weighted by molar-refractivity contribution is 5.80. The van der Waals surface area contributed by atoms with Crippen molar-refractivity contribution in [1.29, 1.82) is 10.5 Å². The van der Waals surface area contributed by atoms with E-state index in [2.05, 4.69) is 12.1 Å². The molecule has 44 heavy (non-hydrogen) atoms. The molecule has 10 nitrogen and oxygen atoms in total. The summed E-state index contributed by atoms with van der Waals surface area (Å²) in [5, 5.41) is 19.2. The van der Waals surface area contributed by atoms with Gasteiger partial charge in [0, 0.05) is 24.9 Å². The first kappa shape index (κ1) is 34.1. The Balaban J connectivity index is 0.000000240. The van der Waals surface area contributed by atoms with E-state index >= 15 is 0 Å². The van der Waals surface area contributed by atoms with E-state index in [9.17, 15) is 20.1 Å². The molecular formula is C34H44N4O6. The van der Waals surface area contributed by atoms with Gasteiger partial charge in [0.05, 0.1) is 40.6 Å². The summed E-state index contributed by atoms with van der Waals surface area (Å²) in [7, 11) is 6.31. The van der Waals surface area contributed by atoms with Crippen molar-refractivity contribution in [2.75, 3.05) is 41.5 Å². The summed E-state index contributed by atoms with van der Waals surface area (Å²) in [6, 6.07) is 10.9. The number of methoxy groups -OCH3 is 4. The predicted octanol–water partition coefficient (Wildman–Crippen LogP) is 5.40. The molecule has 2 aliphatic rings. The molecule has 0 aromatic heterocycles. The van der Waals surface area contributed by atoms with E-state index in [1.165, 1.54) is 0 Å². The fourth-order valence-electron chi connectivity index (χ4n) is 5.56. The number of nitriles is 2. The molecule has 0 bridgehead atoms. The number of ether oxygens (including phenoxy) is 4. The lowest BCUT2D eigenvalue weighted by molar-refractivity contribution is -0.137. The Bertz CT molecular complexity index is 1320. The average molecular weight is 605 g/mol. The molecule has 0 aliphatic carbocycles. The van der Waals surface area contributed by atoms with Crippen LogP contribution in [0, 0.1) is 34.5 Å². The summed E-state index contributed by atoms with van der Waals surface area (Å²) >= 11 is 0.